The summed E-state index contributed by atoms with van der Waals surface area (Å²) >= 11 is 5.64. The Labute approximate surface area is 75.0 Å². The second-order valence-electron chi connectivity index (χ2n) is 2.38. The molecule has 0 saturated carbocycles. The lowest BCUT2D eigenvalue weighted by molar-refractivity contribution is 0.280. The number of aliphatic hydroxyl groups excluding tert-OH is 1. The Kier molecular flexibility index (Phi) is 3.00. The highest BCUT2D eigenvalue weighted by Crippen LogP contribution is 2.17. The molecule has 0 fully saturated rings. The number of halogens is 2. The summed E-state index contributed by atoms with van der Waals surface area (Å²) in [4.78, 5) is 3.79. The van der Waals surface area contributed by atoms with Gasteiger partial charge in [-0.2, -0.15) is 0 Å². The van der Waals surface area contributed by atoms with Crippen LogP contribution < -0.4 is 0 Å². The molecule has 2 nitrogen and oxygen atoms in total. The Hall–Kier alpha value is -0.670. The molecule has 1 rings (SSSR count). The molecule has 0 amide bonds. The molecule has 12 heavy (non-hydrogen) atoms. The van der Waals surface area contributed by atoms with Crippen molar-refractivity contribution in [3.8, 4) is 0 Å². The molecule has 0 aliphatic heterocycles. The summed E-state index contributed by atoms with van der Waals surface area (Å²) in [7, 11) is 0. The molecule has 0 unspecified atom stereocenters. The molecule has 0 atom stereocenters. The molecule has 0 bridgehead atoms. The van der Waals surface area contributed by atoms with Crippen LogP contribution in [-0.2, 0) is 13.0 Å². The molecule has 0 spiro atoms. The molecule has 1 heterocycles. The highest BCUT2D eigenvalue weighted by Gasteiger charge is 2.07. The molecular formula is C8H9ClFNO. The first-order valence-electron chi connectivity index (χ1n) is 3.63. The smallest absolute Gasteiger partial charge is 0.145 e. The van der Waals surface area contributed by atoms with Crippen LogP contribution in [0, 0.1) is 5.82 Å². The quantitative estimate of drug-likeness (QED) is 0.722. The zero-order valence-corrected chi connectivity index (χ0v) is 7.40. The van der Waals surface area contributed by atoms with E-state index in [-0.39, 0.29) is 11.8 Å². The Morgan fingerprint density at radius 1 is 1.67 bits per heavy atom. The van der Waals surface area contributed by atoms with Gasteiger partial charge in [0.1, 0.15) is 11.0 Å². The van der Waals surface area contributed by atoms with E-state index in [9.17, 15) is 4.39 Å². The lowest BCUT2D eigenvalue weighted by atomic mass is 10.2. The molecule has 1 aromatic rings. The van der Waals surface area contributed by atoms with Crippen molar-refractivity contribution in [3.63, 3.8) is 0 Å². The summed E-state index contributed by atoms with van der Waals surface area (Å²) in [6, 6.07) is 1.22. The van der Waals surface area contributed by atoms with E-state index in [0.717, 1.165) is 0 Å². The van der Waals surface area contributed by atoms with Crippen molar-refractivity contribution in [2.75, 3.05) is 0 Å². The van der Waals surface area contributed by atoms with Gasteiger partial charge in [-0.05, 0) is 12.5 Å². The number of rotatable bonds is 2. The van der Waals surface area contributed by atoms with Crippen molar-refractivity contribution in [1.29, 1.82) is 0 Å². The Morgan fingerprint density at radius 3 is 2.83 bits per heavy atom. The van der Waals surface area contributed by atoms with Gasteiger partial charge in [-0.1, -0.05) is 18.5 Å². The fraction of sp³-hybridized carbons (Fsp3) is 0.375. The standard InChI is InChI=1S/C8H9ClFNO/c1-2-7-6(10)3-5(4-12)8(9)11-7/h3,12H,2,4H2,1H3. The van der Waals surface area contributed by atoms with Gasteiger partial charge in [0, 0.05) is 5.56 Å². The minimum atomic E-state index is -0.411. The molecule has 0 aromatic carbocycles. The maximum Gasteiger partial charge on any atom is 0.145 e. The molecule has 0 aliphatic rings. The van der Waals surface area contributed by atoms with Gasteiger partial charge in [-0.15, -0.1) is 0 Å². The predicted molar refractivity (Wildman–Crippen MR) is 44.5 cm³/mol. The van der Waals surface area contributed by atoms with Crippen LogP contribution in [0.2, 0.25) is 5.15 Å². The average molecular weight is 190 g/mol. The Balaban J connectivity index is 3.16. The number of pyridine rings is 1. The van der Waals surface area contributed by atoms with E-state index in [1.165, 1.54) is 6.07 Å². The lowest BCUT2D eigenvalue weighted by Gasteiger charge is -2.03. The van der Waals surface area contributed by atoms with Gasteiger partial charge in [-0.3, -0.25) is 0 Å². The zero-order chi connectivity index (χ0) is 9.14. The van der Waals surface area contributed by atoms with Gasteiger partial charge in [0.15, 0.2) is 0 Å². The molecule has 0 radical (unpaired) electrons. The molecule has 0 aliphatic carbocycles. The Morgan fingerprint density at radius 2 is 2.33 bits per heavy atom. The summed E-state index contributed by atoms with van der Waals surface area (Å²) in [6.07, 6.45) is 0.497. The second kappa shape index (κ2) is 3.83. The van der Waals surface area contributed by atoms with E-state index in [4.69, 9.17) is 16.7 Å². The van der Waals surface area contributed by atoms with Crippen LogP contribution in [0.25, 0.3) is 0 Å². The van der Waals surface area contributed by atoms with Gasteiger partial charge in [0.2, 0.25) is 0 Å². The summed E-state index contributed by atoms with van der Waals surface area (Å²) in [5, 5.41) is 8.89. The summed E-state index contributed by atoms with van der Waals surface area (Å²) in [6.45, 7) is 1.51. The van der Waals surface area contributed by atoms with E-state index in [1.54, 1.807) is 6.92 Å². The molecule has 1 N–H and O–H groups in total. The van der Waals surface area contributed by atoms with Gasteiger partial charge in [0.25, 0.3) is 0 Å². The minimum absolute atomic E-state index is 0.177. The van der Waals surface area contributed by atoms with Crippen LogP contribution >= 0.6 is 11.6 Å². The highest BCUT2D eigenvalue weighted by atomic mass is 35.5. The van der Waals surface area contributed by atoms with Gasteiger partial charge in [-0.25, -0.2) is 9.37 Å². The third-order valence-corrected chi connectivity index (χ3v) is 1.91. The number of hydrogen-bond acceptors (Lipinski definition) is 2. The van der Waals surface area contributed by atoms with Crippen molar-refractivity contribution >= 4 is 11.6 Å². The largest absolute Gasteiger partial charge is 0.392 e. The van der Waals surface area contributed by atoms with Gasteiger partial charge in [0.05, 0.1) is 12.3 Å². The van der Waals surface area contributed by atoms with Crippen molar-refractivity contribution in [2.24, 2.45) is 0 Å². The van der Waals surface area contributed by atoms with E-state index in [0.29, 0.717) is 17.7 Å². The maximum atomic E-state index is 13.0. The van der Waals surface area contributed by atoms with E-state index >= 15 is 0 Å². The molecule has 4 heteroatoms. The van der Waals surface area contributed by atoms with Crippen LogP contribution in [0.4, 0.5) is 4.39 Å². The first-order chi connectivity index (χ1) is 5.69. The monoisotopic (exact) mass is 189 g/mol. The first-order valence-corrected chi connectivity index (χ1v) is 4.01. The highest BCUT2D eigenvalue weighted by molar-refractivity contribution is 6.30. The van der Waals surface area contributed by atoms with Crippen LogP contribution in [0.15, 0.2) is 6.07 Å². The van der Waals surface area contributed by atoms with E-state index in [1.807, 2.05) is 0 Å². The fourth-order valence-corrected chi connectivity index (χ4v) is 1.11. The molecule has 66 valence electrons. The van der Waals surface area contributed by atoms with Crippen molar-refractivity contribution < 1.29 is 9.50 Å². The maximum absolute atomic E-state index is 13.0. The van der Waals surface area contributed by atoms with Crippen LogP contribution in [0.1, 0.15) is 18.2 Å². The Bertz CT molecular complexity index is 261. The zero-order valence-electron chi connectivity index (χ0n) is 6.64. The van der Waals surface area contributed by atoms with E-state index in [2.05, 4.69) is 4.98 Å². The topological polar surface area (TPSA) is 33.1 Å². The fourth-order valence-electron chi connectivity index (χ4n) is 0.898. The number of aromatic nitrogens is 1. The summed E-state index contributed by atoms with van der Waals surface area (Å²) in [5.41, 5.74) is 0.656. The van der Waals surface area contributed by atoms with Gasteiger partial charge >= 0.3 is 0 Å². The minimum Gasteiger partial charge on any atom is -0.392 e. The average Bonchev–Trinajstić information content (AvgIpc) is 2.08. The third kappa shape index (κ3) is 1.73. The number of nitrogens with zero attached hydrogens (tertiary/aromatic N) is 1. The summed E-state index contributed by atoms with van der Waals surface area (Å²) in [5.74, 6) is -0.411. The van der Waals surface area contributed by atoms with Crippen molar-refractivity contribution in [3.05, 3.63) is 28.3 Å². The van der Waals surface area contributed by atoms with Crippen molar-refractivity contribution in [1.82, 2.24) is 4.98 Å². The number of aliphatic hydroxyl groups is 1. The molecule has 0 saturated heterocycles. The van der Waals surface area contributed by atoms with Crippen LogP contribution in [0.3, 0.4) is 0 Å². The first kappa shape index (κ1) is 9.42. The third-order valence-electron chi connectivity index (χ3n) is 1.58. The van der Waals surface area contributed by atoms with Gasteiger partial charge < -0.3 is 5.11 Å². The van der Waals surface area contributed by atoms with E-state index < -0.39 is 5.82 Å². The molecule has 1 aromatic heterocycles. The number of aryl methyl sites for hydroxylation is 1. The van der Waals surface area contributed by atoms with Crippen LogP contribution in [-0.4, -0.2) is 10.1 Å². The lowest BCUT2D eigenvalue weighted by Crippen LogP contribution is -1.97. The second-order valence-corrected chi connectivity index (χ2v) is 2.74. The molecular weight excluding hydrogens is 181 g/mol. The summed E-state index contributed by atoms with van der Waals surface area (Å²) < 4.78 is 13.0. The SMILES string of the molecule is CCc1nc(Cl)c(CO)cc1F. The van der Waals surface area contributed by atoms with Crippen molar-refractivity contribution in [2.45, 2.75) is 20.0 Å². The normalized spacial score (nSPS) is 10.3. The van der Waals surface area contributed by atoms with Crippen LogP contribution in [0.5, 0.6) is 0 Å². The number of hydrogen-bond donors (Lipinski definition) is 1. The predicted octanol–water partition coefficient (Wildman–Crippen LogP) is 1.93.